The Labute approximate surface area is 218 Å². The minimum absolute atomic E-state index is 0.0940. The first-order valence-corrected chi connectivity index (χ1v) is 12.4. The predicted molar refractivity (Wildman–Crippen MR) is 140 cm³/mol. The first-order chi connectivity index (χ1) is 18.0. The number of nitrogens with one attached hydrogen (secondary N) is 1. The van der Waals surface area contributed by atoms with Crippen molar-refractivity contribution in [3.8, 4) is 11.5 Å². The molecular weight excluding hydrogens is 494 g/mol. The minimum atomic E-state index is -0.861. The number of ether oxygens (including phenoxy) is 3. The molecule has 190 valence electrons. The van der Waals surface area contributed by atoms with Gasteiger partial charge in [0.15, 0.2) is 11.5 Å². The summed E-state index contributed by atoms with van der Waals surface area (Å²) >= 11 is 1.57. The van der Waals surface area contributed by atoms with Crippen LogP contribution in [0.5, 0.6) is 11.5 Å². The van der Waals surface area contributed by atoms with Gasteiger partial charge in [-0.25, -0.2) is 10.2 Å². The van der Waals surface area contributed by atoms with Gasteiger partial charge in [-0.05, 0) is 47.0 Å². The van der Waals surface area contributed by atoms with E-state index in [1.807, 2.05) is 47.4 Å². The number of rotatable bonds is 8. The van der Waals surface area contributed by atoms with Gasteiger partial charge in [0.1, 0.15) is 5.37 Å². The summed E-state index contributed by atoms with van der Waals surface area (Å²) in [5.74, 6) is 0.642. The van der Waals surface area contributed by atoms with Crippen LogP contribution in [0.3, 0.4) is 0 Å². The molecule has 1 unspecified atom stereocenters. The van der Waals surface area contributed by atoms with Crippen molar-refractivity contribution in [2.75, 3.05) is 20.0 Å². The predicted octanol–water partition coefficient (Wildman–Crippen LogP) is 4.38. The number of thioether (sulfide) groups is 1. The lowest BCUT2D eigenvalue weighted by atomic mass is 10.1. The second kappa shape index (κ2) is 12.1. The molecule has 2 amide bonds. The Hall–Kier alpha value is -4.31. The summed E-state index contributed by atoms with van der Waals surface area (Å²) in [4.78, 5) is 38.2. The van der Waals surface area contributed by atoms with E-state index >= 15 is 0 Å². The third-order valence-corrected chi connectivity index (χ3v) is 6.81. The van der Waals surface area contributed by atoms with Gasteiger partial charge in [0.2, 0.25) is 5.91 Å². The molecule has 0 radical (unpaired) electrons. The van der Waals surface area contributed by atoms with Gasteiger partial charge in [0.25, 0.3) is 5.91 Å². The monoisotopic (exact) mass is 519 g/mol. The molecule has 0 bridgehead atoms. The third kappa shape index (κ3) is 6.47. The van der Waals surface area contributed by atoms with Crippen LogP contribution < -0.4 is 14.9 Å². The van der Waals surface area contributed by atoms with Gasteiger partial charge in [0.05, 0.1) is 26.2 Å². The standard InChI is InChI=1S/C27H25N3O6S/c1-34-23-14-19(8-13-22(23)36-27(33)35-2)15-28-29-25(32)20-9-11-21(12-10-20)26-30(24(31)17-37-26)16-18-6-4-3-5-7-18/h3-15,26H,16-17H2,1-2H3,(H,29,32). The average molecular weight is 520 g/mol. The molecule has 1 aliphatic rings. The number of methoxy groups -OCH3 is 2. The Kier molecular flexibility index (Phi) is 8.42. The first kappa shape index (κ1) is 25.8. The molecule has 9 nitrogen and oxygen atoms in total. The van der Waals surface area contributed by atoms with Crippen LogP contribution in [-0.4, -0.2) is 49.1 Å². The Morgan fingerprint density at radius 2 is 1.81 bits per heavy atom. The summed E-state index contributed by atoms with van der Waals surface area (Å²) in [5, 5.41) is 3.89. The highest BCUT2D eigenvalue weighted by molar-refractivity contribution is 8.00. The van der Waals surface area contributed by atoms with Crippen molar-refractivity contribution < 1.29 is 28.6 Å². The molecular formula is C27H25N3O6S. The third-order valence-electron chi connectivity index (χ3n) is 5.55. The van der Waals surface area contributed by atoms with Crippen molar-refractivity contribution >= 4 is 35.9 Å². The summed E-state index contributed by atoms with van der Waals surface area (Å²) in [5.41, 5.74) is 5.57. The van der Waals surface area contributed by atoms with Crippen LogP contribution in [0.25, 0.3) is 0 Å². The Morgan fingerprint density at radius 3 is 2.51 bits per heavy atom. The number of amides is 2. The largest absolute Gasteiger partial charge is 0.513 e. The van der Waals surface area contributed by atoms with E-state index in [2.05, 4.69) is 15.3 Å². The van der Waals surface area contributed by atoms with Crippen molar-refractivity contribution in [2.24, 2.45) is 5.10 Å². The lowest BCUT2D eigenvalue weighted by Crippen LogP contribution is -2.27. The van der Waals surface area contributed by atoms with Crippen molar-refractivity contribution in [2.45, 2.75) is 11.9 Å². The van der Waals surface area contributed by atoms with Crippen molar-refractivity contribution in [1.29, 1.82) is 0 Å². The molecule has 1 fully saturated rings. The van der Waals surface area contributed by atoms with E-state index in [1.54, 1.807) is 36.0 Å². The molecule has 4 rings (SSSR count). The van der Waals surface area contributed by atoms with Gasteiger partial charge < -0.3 is 19.1 Å². The molecule has 10 heteroatoms. The van der Waals surface area contributed by atoms with Crippen molar-refractivity contribution in [3.63, 3.8) is 0 Å². The molecule has 1 aliphatic heterocycles. The molecule has 1 heterocycles. The lowest BCUT2D eigenvalue weighted by molar-refractivity contribution is -0.128. The van der Waals surface area contributed by atoms with Gasteiger partial charge in [-0.1, -0.05) is 42.5 Å². The number of nitrogens with zero attached hydrogens (tertiary/aromatic N) is 2. The van der Waals surface area contributed by atoms with Crippen molar-refractivity contribution in [3.05, 3.63) is 95.1 Å². The van der Waals surface area contributed by atoms with Crippen LogP contribution in [0, 0.1) is 0 Å². The van der Waals surface area contributed by atoms with Crippen LogP contribution in [0.2, 0.25) is 0 Å². The summed E-state index contributed by atoms with van der Waals surface area (Å²) < 4.78 is 14.7. The summed E-state index contributed by atoms with van der Waals surface area (Å²) in [7, 11) is 2.65. The minimum Gasteiger partial charge on any atom is -0.493 e. The number of hydrazone groups is 1. The van der Waals surface area contributed by atoms with Gasteiger partial charge in [0, 0.05) is 12.1 Å². The quantitative estimate of drug-likeness (QED) is 0.204. The maximum atomic E-state index is 12.6. The van der Waals surface area contributed by atoms with E-state index in [-0.39, 0.29) is 22.9 Å². The Bertz CT molecular complexity index is 1300. The fourth-order valence-corrected chi connectivity index (χ4v) is 4.88. The molecule has 37 heavy (non-hydrogen) atoms. The summed E-state index contributed by atoms with van der Waals surface area (Å²) in [6.45, 7) is 0.537. The number of carbonyl (C=O) groups is 3. The van der Waals surface area contributed by atoms with Gasteiger partial charge in [-0.2, -0.15) is 5.10 Å². The van der Waals surface area contributed by atoms with Crippen LogP contribution >= 0.6 is 11.8 Å². The van der Waals surface area contributed by atoms with Crippen LogP contribution in [-0.2, 0) is 16.1 Å². The summed E-state index contributed by atoms with van der Waals surface area (Å²) in [6, 6.07) is 21.8. The smallest absolute Gasteiger partial charge is 0.493 e. The zero-order chi connectivity index (χ0) is 26.2. The van der Waals surface area contributed by atoms with Gasteiger partial charge in [-0.15, -0.1) is 11.8 Å². The van der Waals surface area contributed by atoms with E-state index in [9.17, 15) is 14.4 Å². The molecule has 0 aliphatic carbocycles. The SMILES string of the molecule is COC(=O)Oc1ccc(C=NNC(=O)c2ccc(C3SCC(=O)N3Cc3ccccc3)cc2)cc1OC. The fraction of sp³-hybridized carbons (Fsp3) is 0.185. The molecule has 0 saturated carbocycles. The topological polar surface area (TPSA) is 107 Å². The normalized spacial score (nSPS) is 15.0. The lowest BCUT2D eigenvalue weighted by Gasteiger charge is -2.24. The Morgan fingerprint density at radius 1 is 1.05 bits per heavy atom. The highest BCUT2D eigenvalue weighted by Crippen LogP contribution is 2.39. The molecule has 3 aromatic rings. The molecule has 3 aromatic carbocycles. The zero-order valence-electron chi connectivity index (χ0n) is 20.2. The molecule has 0 spiro atoms. The van der Waals surface area contributed by atoms with Gasteiger partial charge >= 0.3 is 6.16 Å². The van der Waals surface area contributed by atoms with E-state index in [0.29, 0.717) is 29.2 Å². The van der Waals surface area contributed by atoms with E-state index in [1.165, 1.54) is 26.5 Å². The maximum Gasteiger partial charge on any atom is 0.513 e. The average Bonchev–Trinajstić information content (AvgIpc) is 3.29. The van der Waals surface area contributed by atoms with Crippen LogP contribution in [0.4, 0.5) is 4.79 Å². The second-order valence-electron chi connectivity index (χ2n) is 7.96. The second-order valence-corrected chi connectivity index (χ2v) is 9.03. The zero-order valence-corrected chi connectivity index (χ0v) is 21.1. The number of benzene rings is 3. The van der Waals surface area contributed by atoms with Crippen LogP contribution in [0.15, 0.2) is 77.9 Å². The van der Waals surface area contributed by atoms with Crippen LogP contribution in [0.1, 0.15) is 32.4 Å². The molecule has 1 N–H and O–H groups in total. The highest BCUT2D eigenvalue weighted by atomic mass is 32.2. The first-order valence-electron chi connectivity index (χ1n) is 11.3. The highest BCUT2D eigenvalue weighted by Gasteiger charge is 2.32. The molecule has 0 aromatic heterocycles. The molecule has 1 saturated heterocycles. The fourth-order valence-electron chi connectivity index (χ4n) is 3.69. The number of hydrogen-bond donors (Lipinski definition) is 1. The summed E-state index contributed by atoms with van der Waals surface area (Å²) in [6.07, 6.45) is 0.582. The van der Waals surface area contributed by atoms with E-state index < -0.39 is 6.16 Å². The molecule has 1 atom stereocenters. The van der Waals surface area contributed by atoms with Crippen molar-refractivity contribution in [1.82, 2.24) is 10.3 Å². The maximum absolute atomic E-state index is 12.6. The number of carbonyl (C=O) groups excluding carboxylic acids is 3. The number of hydrogen-bond acceptors (Lipinski definition) is 8. The van der Waals surface area contributed by atoms with E-state index in [0.717, 1.165) is 11.1 Å². The Balaban J connectivity index is 1.37. The van der Waals surface area contributed by atoms with E-state index in [4.69, 9.17) is 9.47 Å². The van der Waals surface area contributed by atoms with Gasteiger partial charge in [-0.3, -0.25) is 9.59 Å².